The molecule has 7 atom stereocenters. The second-order valence-electron chi connectivity index (χ2n) is 11.9. The summed E-state index contributed by atoms with van der Waals surface area (Å²) in [7, 11) is 0. The molecule has 6 N–H and O–H groups in total. The smallest absolute Gasteiger partial charge is 0.220 e. The fourth-order valence-corrected chi connectivity index (χ4v) is 5.11. The van der Waals surface area contributed by atoms with Gasteiger partial charge in [-0.05, 0) is 44.9 Å². The van der Waals surface area contributed by atoms with Crippen LogP contribution in [0.25, 0.3) is 0 Å². The number of carbonyl (C=O) groups excluding carboxylic acids is 1. The molecule has 9 heteroatoms. The van der Waals surface area contributed by atoms with E-state index >= 15 is 0 Å². The van der Waals surface area contributed by atoms with Gasteiger partial charge in [-0.2, -0.15) is 0 Å². The van der Waals surface area contributed by atoms with Crippen LogP contribution in [0.1, 0.15) is 123 Å². The highest BCUT2D eigenvalue weighted by Gasteiger charge is 2.44. The first-order valence-corrected chi connectivity index (χ1v) is 17.2. The summed E-state index contributed by atoms with van der Waals surface area (Å²) in [6.45, 7) is 3.35. The Labute approximate surface area is 266 Å². The number of aliphatic hydroxyl groups is 5. The minimum absolute atomic E-state index is 0.212. The molecule has 1 amide bonds. The number of hydrogen-bond donors (Lipinski definition) is 6. The number of aliphatic hydroxyl groups excluding tert-OH is 5. The predicted molar refractivity (Wildman–Crippen MR) is 175 cm³/mol. The third kappa shape index (κ3) is 18.4. The summed E-state index contributed by atoms with van der Waals surface area (Å²) in [4.78, 5) is 12.2. The van der Waals surface area contributed by atoms with E-state index in [1.807, 2.05) is 13.0 Å². The first-order chi connectivity index (χ1) is 21.3. The van der Waals surface area contributed by atoms with Crippen molar-refractivity contribution < 1.29 is 39.8 Å². The van der Waals surface area contributed by atoms with E-state index in [-0.39, 0.29) is 18.9 Å². The van der Waals surface area contributed by atoms with Crippen molar-refractivity contribution in [3.05, 3.63) is 36.5 Å². The molecule has 0 aliphatic carbocycles. The molecule has 0 saturated carbocycles. The topological polar surface area (TPSA) is 149 Å². The highest BCUT2D eigenvalue weighted by Crippen LogP contribution is 2.22. The molecule has 0 spiro atoms. The molecule has 0 aromatic heterocycles. The molecule has 0 aromatic rings. The quantitative estimate of drug-likeness (QED) is 0.0582. The summed E-state index contributed by atoms with van der Waals surface area (Å²) < 4.78 is 10.9. The molecule has 1 fully saturated rings. The molecule has 7 unspecified atom stereocenters. The van der Waals surface area contributed by atoms with Crippen LogP contribution in [0, 0.1) is 0 Å². The van der Waals surface area contributed by atoms with E-state index in [2.05, 4.69) is 36.5 Å². The highest BCUT2D eigenvalue weighted by atomic mass is 16.7. The Kier molecular flexibility index (Phi) is 24.5. The zero-order chi connectivity index (χ0) is 32.4. The third-order valence-corrected chi connectivity index (χ3v) is 7.92. The molecule has 0 bridgehead atoms. The Bertz CT molecular complexity index is 787. The fourth-order valence-electron chi connectivity index (χ4n) is 5.11. The van der Waals surface area contributed by atoms with Gasteiger partial charge < -0.3 is 40.3 Å². The van der Waals surface area contributed by atoms with Gasteiger partial charge in [-0.15, -0.1) is 0 Å². The second kappa shape index (κ2) is 26.6. The van der Waals surface area contributed by atoms with Gasteiger partial charge in [-0.25, -0.2) is 0 Å². The van der Waals surface area contributed by atoms with Crippen molar-refractivity contribution in [2.24, 2.45) is 0 Å². The van der Waals surface area contributed by atoms with Crippen molar-refractivity contribution in [2.45, 2.75) is 166 Å². The third-order valence-electron chi connectivity index (χ3n) is 7.92. The van der Waals surface area contributed by atoms with Crippen molar-refractivity contribution >= 4 is 5.91 Å². The van der Waals surface area contributed by atoms with Gasteiger partial charge in [0, 0.05) is 6.42 Å². The van der Waals surface area contributed by atoms with E-state index in [1.54, 1.807) is 6.08 Å². The molecule has 0 aromatic carbocycles. The van der Waals surface area contributed by atoms with Crippen molar-refractivity contribution in [1.82, 2.24) is 5.32 Å². The predicted octanol–water partition coefficient (Wildman–Crippen LogP) is 4.99. The second-order valence-corrected chi connectivity index (χ2v) is 11.9. The van der Waals surface area contributed by atoms with Gasteiger partial charge in [0.1, 0.15) is 24.4 Å². The van der Waals surface area contributed by atoms with Crippen molar-refractivity contribution in [1.29, 1.82) is 0 Å². The van der Waals surface area contributed by atoms with Gasteiger partial charge in [-0.3, -0.25) is 4.79 Å². The molecule has 1 aliphatic rings. The van der Waals surface area contributed by atoms with Crippen LogP contribution in [0.4, 0.5) is 0 Å². The van der Waals surface area contributed by atoms with Gasteiger partial charge in [0.2, 0.25) is 5.91 Å². The van der Waals surface area contributed by atoms with Crippen molar-refractivity contribution in [2.75, 3.05) is 13.2 Å². The van der Waals surface area contributed by atoms with Crippen LogP contribution in [0.2, 0.25) is 0 Å². The minimum atomic E-state index is -1.57. The lowest BCUT2D eigenvalue weighted by molar-refractivity contribution is -0.302. The molecular weight excluding hydrogens is 562 g/mol. The van der Waals surface area contributed by atoms with Crippen LogP contribution in [0.3, 0.4) is 0 Å². The van der Waals surface area contributed by atoms with Crippen LogP contribution in [0.15, 0.2) is 36.5 Å². The summed E-state index contributed by atoms with van der Waals surface area (Å²) in [5, 5.41) is 53.0. The number of nitrogens with one attached hydrogen (secondary N) is 1. The maximum Gasteiger partial charge on any atom is 0.220 e. The average molecular weight is 626 g/mol. The summed E-state index contributed by atoms with van der Waals surface area (Å²) in [5.41, 5.74) is 0. The molecule has 1 heterocycles. The number of carbonyl (C=O) groups is 1. The monoisotopic (exact) mass is 625 g/mol. The largest absolute Gasteiger partial charge is 0.394 e. The maximum atomic E-state index is 12.2. The van der Waals surface area contributed by atoms with E-state index in [4.69, 9.17) is 9.47 Å². The van der Waals surface area contributed by atoms with Crippen LogP contribution in [-0.2, 0) is 14.3 Å². The fraction of sp³-hybridized carbons (Fsp3) is 0.800. The minimum Gasteiger partial charge on any atom is -0.394 e. The number of amides is 1. The molecule has 44 heavy (non-hydrogen) atoms. The Morgan fingerprint density at radius 3 is 1.86 bits per heavy atom. The van der Waals surface area contributed by atoms with Gasteiger partial charge >= 0.3 is 0 Å². The Balaban J connectivity index is 2.28. The number of hydrogen-bond acceptors (Lipinski definition) is 8. The highest BCUT2D eigenvalue weighted by molar-refractivity contribution is 5.76. The summed E-state index contributed by atoms with van der Waals surface area (Å²) in [6, 6.07) is -0.819. The lowest BCUT2D eigenvalue weighted by Crippen LogP contribution is -2.60. The van der Waals surface area contributed by atoms with Crippen LogP contribution in [-0.4, -0.2) is 87.5 Å². The van der Waals surface area contributed by atoms with Gasteiger partial charge in [-0.1, -0.05) is 108 Å². The maximum absolute atomic E-state index is 12.2. The van der Waals surface area contributed by atoms with E-state index in [1.165, 1.54) is 70.6 Å². The number of rotatable bonds is 26. The lowest BCUT2D eigenvalue weighted by Gasteiger charge is -2.40. The van der Waals surface area contributed by atoms with E-state index in [0.717, 1.165) is 25.7 Å². The van der Waals surface area contributed by atoms with E-state index in [0.29, 0.717) is 6.42 Å². The van der Waals surface area contributed by atoms with Crippen molar-refractivity contribution in [3.63, 3.8) is 0 Å². The summed E-state index contributed by atoms with van der Waals surface area (Å²) in [5.74, 6) is -0.247. The van der Waals surface area contributed by atoms with Gasteiger partial charge in [0.05, 0.1) is 25.4 Å². The molecule has 1 aliphatic heterocycles. The molecule has 256 valence electrons. The molecule has 9 nitrogen and oxygen atoms in total. The number of ether oxygens (including phenoxy) is 2. The van der Waals surface area contributed by atoms with Crippen molar-refractivity contribution in [3.8, 4) is 0 Å². The van der Waals surface area contributed by atoms with Gasteiger partial charge in [0.15, 0.2) is 6.29 Å². The molecule has 1 saturated heterocycles. The Hall–Kier alpha value is -1.59. The first-order valence-electron chi connectivity index (χ1n) is 17.2. The molecule has 1 rings (SSSR count). The Morgan fingerprint density at radius 2 is 1.30 bits per heavy atom. The standard InChI is InChI=1S/C35H63NO8/c1-3-5-6-7-8-9-10-11-12-13-14-15-16-17-18-19-20-21-22-23-25-29(38)28(36-31(39)24-4-2)27-43-35-34(42)33(41)32(40)30(26-37)44-35/h15-16,19-20,23,25,28-30,32-35,37-38,40-42H,3-14,17-18,21-22,24,26-27H2,1-2H3,(H,36,39)/b16-15+,20-19+,25-23+. The normalized spacial score (nSPS) is 24.0. The zero-order valence-electron chi connectivity index (χ0n) is 27.4. The molecular formula is C35H63NO8. The average Bonchev–Trinajstić information content (AvgIpc) is 3.01. The first kappa shape index (κ1) is 40.4. The Morgan fingerprint density at radius 1 is 0.750 bits per heavy atom. The van der Waals surface area contributed by atoms with Gasteiger partial charge in [0.25, 0.3) is 0 Å². The summed E-state index contributed by atoms with van der Waals surface area (Å²) >= 11 is 0. The summed E-state index contributed by atoms with van der Waals surface area (Å²) in [6.07, 6.45) is 23.6. The number of unbranched alkanes of at least 4 members (excludes halogenated alkanes) is 12. The van der Waals surface area contributed by atoms with Crippen LogP contribution in [0.5, 0.6) is 0 Å². The van der Waals surface area contributed by atoms with E-state index < -0.39 is 49.5 Å². The van der Waals surface area contributed by atoms with Crippen LogP contribution < -0.4 is 5.32 Å². The lowest BCUT2D eigenvalue weighted by atomic mass is 9.99. The molecule has 0 radical (unpaired) electrons. The number of allylic oxidation sites excluding steroid dienone is 5. The SMILES string of the molecule is CCCCCCCCCCCC/C=C/CC/C=C/CC/C=C/C(O)C(COC1OC(CO)C(O)C(O)C1O)NC(=O)CCC. The zero-order valence-corrected chi connectivity index (χ0v) is 27.4. The van der Waals surface area contributed by atoms with E-state index in [9.17, 15) is 30.3 Å². The van der Waals surface area contributed by atoms with Crippen LogP contribution >= 0.6 is 0 Å².